The molecule has 3 N–H and O–H groups in total. The lowest BCUT2D eigenvalue weighted by molar-refractivity contribution is -0.115. The summed E-state index contributed by atoms with van der Waals surface area (Å²) >= 11 is 0. The molecule has 0 radical (unpaired) electrons. The molecule has 0 fully saturated rings. The highest BCUT2D eigenvalue weighted by Crippen LogP contribution is 2.24. The van der Waals surface area contributed by atoms with Crippen molar-refractivity contribution >= 4 is 23.3 Å². The Labute approximate surface area is 119 Å². The van der Waals surface area contributed by atoms with Crippen molar-refractivity contribution < 1.29 is 9.59 Å². The second-order valence-corrected chi connectivity index (χ2v) is 4.77. The number of fused-ring (bicyclic) bond motifs is 1. The van der Waals surface area contributed by atoms with Gasteiger partial charge in [-0.3, -0.25) is 14.4 Å². The van der Waals surface area contributed by atoms with Crippen molar-refractivity contribution in [3.05, 3.63) is 51.6 Å². The van der Waals surface area contributed by atoms with E-state index >= 15 is 0 Å². The van der Waals surface area contributed by atoms with E-state index in [1.165, 1.54) is 6.07 Å². The summed E-state index contributed by atoms with van der Waals surface area (Å²) in [6, 6.07) is 6.16. The van der Waals surface area contributed by atoms with Gasteiger partial charge in [-0.25, -0.2) is 4.98 Å². The lowest BCUT2D eigenvalue weighted by Gasteiger charge is -2.06. The van der Waals surface area contributed by atoms with Gasteiger partial charge in [0.05, 0.1) is 6.42 Å². The second kappa shape index (κ2) is 4.86. The van der Waals surface area contributed by atoms with Crippen LogP contribution >= 0.6 is 0 Å². The molecule has 21 heavy (non-hydrogen) atoms. The van der Waals surface area contributed by atoms with E-state index in [2.05, 4.69) is 20.6 Å². The van der Waals surface area contributed by atoms with Crippen molar-refractivity contribution in [3.8, 4) is 0 Å². The number of anilines is 2. The number of benzene rings is 1. The first-order valence-electron chi connectivity index (χ1n) is 6.33. The Balaban J connectivity index is 1.84. The van der Waals surface area contributed by atoms with Crippen LogP contribution in [0, 0.1) is 6.92 Å². The highest BCUT2D eigenvalue weighted by molar-refractivity contribution is 6.06. The Kier molecular flexibility index (Phi) is 3.02. The largest absolute Gasteiger partial charge is 0.326 e. The number of rotatable bonds is 2. The number of hydrogen-bond acceptors (Lipinski definition) is 4. The zero-order chi connectivity index (χ0) is 15.0. The van der Waals surface area contributed by atoms with Crippen LogP contribution < -0.4 is 16.2 Å². The van der Waals surface area contributed by atoms with Gasteiger partial charge in [0.2, 0.25) is 5.91 Å². The fourth-order valence-corrected chi connectivity index (χ4v) is 2.20. The third-order valence-electron chi connectivity index (χ3n) is 3.09. The van der Waals surface area contributed by atoms with Crippen molar-refractivity contribution in [3.63, 3.8) is 0 Å². The average Bonchev–Trinajstić information content (AvgIpc) is 2.76. The molecule has 106 valence electrons. The number of H-pyrrole nitrogens is 1. The quantitative estimate of drug-likeness (QED) is 0.759. The normalized spacial score (nSPS) is 12.7. The van der Waals surface area contributed by atoms with E-state index in [-0.39, 0.29) is 29.6 Å². The molecule has 0 unspecified atom stereocenters. The van der Waals surface area contributed by atoms with Gasteiger partial charge in [-0.2, -0.15) is 0 Å². The van der Waals surface area contributed by atoms with E-state index in [0.717, 1.165) is 11.3 Å². The summed E-state index contributed by atoms with van der Waals surface area (Å²) in [7, 11) is 0. The third kappa shape index (κ3) is 2.66. The van der Waals surface area contributed by atoms with Gasteiger partial charge in [0.25, 0.3) is 11.5 Å². The molecule has 0 saturated heterocycles. The smallest absolute Gasteiger partial charge is 0.256 e. The van der Waals surface area contributed by atoms with Crippen LogP contribution in [0.1, 0.15) is 21.7 Å². The van der Waals surface area contributed by atoms with Gasteiger partial charge in [-0.1, -0.05) is 0 Å². The zero-order valence-electron chi connectivity index (χ0n) is 11.2. The number of aryl methyl sites for hydroxylation is 1. The molecule has 1 aromatic carbocycles. The monoisotopic (exact) mass is 284 g/mol. The van der Waals surface area contributed by atoms with Gasteiger partial charge in [0.15, 0.2) is 0 Å². The molecule has 2 heterocycles. The summed E-state index contributed by atoms with van der Waals surface area (Å²) in [4.78, 5) is 41.3. The van der Waals surface area contributed by atoms with Gasteiger partial charge in [-0.15, -0.1) is 0 Å². The Morgan fingerprint density at radius 3 is 2.86 bits per heavy atom. The summed E-state index contributed by atoms with van der Waals surface area (Å²) in [6.45, 7) is 1.63. The maximum atomic E-state index is 12.1. The van der Waals surface area contributed by atoms with Gasteiger partial charge in [0, 0.05) is 17.3 Å². The first-order chi connectivity index (χ1) is 10.0. The Hall–Kier alpha value is -2.96. The number of nitrogens with one attached hydrogen (secondary N) is 3. The number of amides is 2. The molecule has 7 heteroatoms. The van der Waals surface area contributed by atoms with Crippen LogP contribution in [0.25, 0.3) is 0 Å². The van der Waals surface area contributed by atoms with E-state index in [0.29, 0.717) is 11.4 Å². The summed E-state index contributed by atoms with van der Waals surface area (Å²) in [5.74, 6) is 0.140. The van der Waals surface area contributed by atoms with Crippen LogP contribution in [0.3, 0.4) is 0 Å². The average molecular weight is 284 g/mol. The molecule has 3 rings (SSSR count). The first kappa shape index (κ1) is 13.0. The molecule has 0 bridgehead atoms. The number of carbonyl (C=O) groups is 2. The predicted molar refractivity (Wildman–Crippen MR) is 76.3 cm³/mol. The van der Waals surface area contributed by atoms with Crippen molar-refractivity contribution in [2.45, 2.75) is 13.3 Å². The standard InChI is InChI=1S/C14H12N4O3/c1-7-15-11(6-13(20)16-7)18-14(21)8-2-3-10-9(4-8)5-12(19)17-10/h2-4,6H,5H2,1H3,(H,17,19)(H2,15,16,18,20,21). The van der Waals surface area contributed by atoms with Crippen molar-refractivity contribution in [1.82, 2.24) is 9.97 Å². The highest BCUT2D eigenvalue weighted by atomic mass is 16.2. The molecule has 0 atom stereocenters. The van der Waals surface area contributed by atoms with Crippen LogP contribution in [-0.4, -0.2) is 21.8 Å². The first-order valence-corrected chi connectivity index (χ1v) is 6.33. The molecule has 2 aromatic rings. The number of hydrogen-bond donors (Lipinski definition) is 3. The number of aromatic amines is 1. The van der Waals surface area contributed by atoms with Crippen molar-refractivity contribution in [1.29, 1.82) is 0 Å². The topological polar surface area (TPSA) is 104 Å². The molecule has 1 aliphatic rings. The predicted octanol–water partition coefficient (Wildman–Crippen LogP) is 0.825. The van der Waals surface area contributed by atoms with Crippen LogP contribution in [-0.2, 0) is 11.2 Å². The van der Waals surface area contributed by atoms with Crippen LogP contribution in [0.2, 0.25) is 0 Å². The Morgan fingerprint density at radius 1 is 1.29 bits per heavy atom. The molecule has 2 amide bonds. The number of nitrogens with zero attached hydrogens (tertiary/aromatic N) is 1. The fourth-order valence-electron chi connectivity index (χ4n) is 2.20. The molecular weight excluding hydrogens is 272 g/mol. The minimum absolute atomic E-state index is 0.0885. The molecule has 0 saturated carbocycles. The van der Waals surface area contributed by atoms with Crippen molar-refractivity contribution in [2.24, 2.45) is 0 Å². The van der Waals surface area contributed by atoms with E-state index in [4.69, 9.17) is 0 Å². The van der Waals surface area contributed by atoms with Gasteiger partial charge in [-0.05, 0) is 30.7 Å². The number of aromatic nitrogens is 2. The van der Waals surface area contributed by atoms with Crippen LogP contribution in [0.4, 0.5) is 11.5 Å². The summed E-state index contributed by atoms with van der Waals surface area (Å²) in [5.41, 5.74) is 1.58. The van der Waals surface area contributed by atoms with E-state index in [1.54, 1.807) is 25.1 Å². The van der Waals surface area contributed by atoms with Gasteiger partial charge >= 0.3 is 0 Å². The zero-order valence-corrected chi connectivity index (χ0v) is 11.2. The Morgan fingerprint density at radius 2 is 2.10 bits per heavy atom. The fraction of sp³-hybridized carbons (Fsp3) is 0.143. The van der Waals surface area contributed by atoms with Crippen molar-refractivity contribution in [2.75, 3.05) is 10.6 Å². The Bertz CT molecular complexity index is 810. The van der Waals surface area contributed by atoms with E-state index in [9.17, 15) is 14.4 Å². The molecule has 0 spiro atoms. The lowest BCUT2D eigenvalue weighted by atomic mass is 10.1. The van der Waals surface area contributed by atoms with E-state index < -0.39 is 0 Å². The minimum atomic E-state index is -0.380. The highest BCUT2D eigenvalue weighted by Gasteiger charge is 2.19. The third-order valence-corrected chi connectivity index (χ3v) is 3.09. The summed E-state index contributed by atoms with van der Waals surface area (Å²) in [5, 5.41) is 5.27. The second-order valence-electron chi connectivity index (χ2n) is 4.77. The minimum Gasteiger partial charge on any atom is -0.326 e. The summed E-state index contributed by atoms with van der Waals surface area (Å²) < 4.78 is 0. The van der Waals surface area contributed by atoms with Crippen LogP contribution in [0.15, 0.2) is 29.1 Å². The molecule has 0 aliphatic carbocycles. The SMILES string of the molecule is Cc1nc(NC(=O)c2ccc3c(c2)CC(=O)N3)cc(=O)[nH]1. The van der Waals surface area contributed by atoms with E-state index in [1.807, 2.05) is 0 Å². The maximum Gasteiger partial charge on any atom is 0.256 e. The molecule has 1 aliphatic heterocycles. The maximum absolute atomic E-state index is 12.1. The summed E-state index contributed by atoms with van der Waals surface area (Å²) in [6.07, 6.45) is 0.263. The number of carbonyl (C=O) groups excluding carboxylic acids is 2. The lowest BCUT2D eigenvalue weighted by Crippen LogP contribution is -2.17. The van der Waals surface area contributed by atoms with Gasteiger partial charge in [0.1, 0.15) is 11.6 Å². The molecule has 7 nitrogen and oxygen atoms in total. The molecule has 1 aromatic heterocycles. The van der Waals surface area contributed by atoms with Crippen LogP contribution in [0.5, 0.6) is 0 Å². The van der Waals surface area contributed by atoms with Gasteiger partial charge < -0.3 is 15.6 Å². The molecular formula is C14H12N4O3.